The summed E-state index contributed by atoms with van der Waals surface area (Å²) in [5.41, 5.74) is 3.30. The fourth-order valence-corrected chi connectivity index (χ4v) is 2.76. The fourth-order valence-electron chi connectivity index (χ4n) is 2.58. The molecule has 0 aliphatic rings. The monoisotopic (exact) mass is 433 g/mol. The average molecular weight is 434 g/mol. The normalized spacial score (nSPS) is 12.3. The number of amides is 2. The Labute approximate surface area is 180 Å². The Morgan fingerprint density at radius 1 is 1.10 bits per heavy atom. The maximum Gasteiger partial charge on any atom is 0.262 e. The molecule has 0 saturated carbocycles. The lowest BCUT2D eigenvalue weighted by Gasteiger charge is -2.20. The first-order chi connectivity index (χ1) is 14.2. The molecule has 0 radical (unpaired) electrons. The second kappa shape index (κ2) is 10.7. The van der Waals surface area contributed by atoms with E-state index < -0.39 is 23.7 Å². The van der Waals surface area contributed by atoms with Crippen LogP contribution in [-0.2, 0) is 4.79 Å². The molecule has 0 spiro atoms. The van der Waals surface area contributed by atoms with Crippen LogP contribution in [-0.4, -0.2) is 30.2 Å². The first-order valence-corrected chi connectivity index (χ1v) is 9.90. The van der Waals surface area contributed by atoms with Gasteiger partial charge in [-0.1, -0.05) is 25.4 Å². The van der Waals surface area contributed by atoms with Gasteiger partial charge in [0.05, 0.1) is 12.3 Å². The molecule has 0 bridgehead atoms. The van der Waals surface area contributed by atoms with Crippen molar-refractivity contribution in [3.63, 3.8) is 0 Å². The molecule has 1 unspecified atom stereocenters. The van der Waals surface area contributed by atoms with Crippen molar-refractivity contribution in [2.45, 2.75) is 39.8 Å². The van der Waals surface area contributed by atoms with E-state index in [0.29, 0.717) is 16.3 Å². The third-order valence-corrected chi connectivity index (χ3v) is 4.29. The van der Waals surface area contributed by atoms with Crippen molar-refractivity contribution in [1.82, 2.24) is 10.7 Å². The molecule has 2 aromatic carbocycles. The van der Waals surface area contributed by atoms with Gasteiger partial charge in [-0.15, -0.1) is 0 Å². The lowest BCUT2D eigenvalue weighted by atomic mass is 10.0. The first-order valence-electron chi connectivity index (χ1n) is 9.53. The van der Waals surface area contributed by atoms with Crippen LogP contribution in [0.25, 0.3) is 0 Å². The summed E-state index contributed by atoms with van der Waals surface area (Å²) in [4.78, 5) is 24.9. The van der Waals surface area contributed by atoms with Crippen molar-refractivity contribution in [2.75, 3.05) is 0 Å². The number of hydrazone groups is 1. The Hall–Kier alpha value is -2.93. The standard InChI is InChI=1S/C22H25ClFN3O3/c1-13(2)20(26-21(28)15-5-8-18(24)9-6-15)22(29)27-25-12-16-11-17(23)7-10-19(16)30-14(3)4/h5-14,20H,1-4H3,(H,26,28)(H,27,29)/b25-12+. The van der Waals surface area contributed by atoms with E-state index in [1.165, 1.54) is 30.5 Å². The van der Waals surface area contributed by atoms with Gasteiger partial charge < -0.3 is 10.1 Å². The van der Waals surface area contributed by atoms with Crippen LogP contribution in [0.2, 0.25) is 5.02 Å². The molecule has 0 aliphatic heterocycles. The Balaban J connectivity index is 2.07. The SMILES string of the molecule is CC(C)Oc1ccc(Cl)cc1/C=N/NC(=O)C(NC(=O)c1ccc(F)cc1)C(C)C. The van der Waals surface area contributed by atoms with Crippen molar-refractivity contribution < 1.29 is 18.7 Å². The number of ether oxygens (including phenoxy) is 1. The number of halogens is 2. The first kappa shape index (κ1) is 23.3. The number of hydrogen-bond donors (Lipinski definition) is 2. The van der Waals surface area contributed by atoms with Crippen molar-refractivity contribution in [3.8, 4) is 5.75 Å². The summed E-state index contributed by atoms with van der Waals surface area (Å²) in [5.74, 6) is -1.02. The van der Waals surface area contributed by atoms with Gasteiger partial charge in [0.2, 0.25) is 0 Å². The molecule has 0 fully saturated rings. The lowest BCUT2D eigenvalue weighted by molar-refractivity contribution is -0.123. The number of benzene rings is 2. The molecular formula is C22H25ClFN3O3. The highest BCUT2D eigenvalue weighted by molar-refractivity contribution is 6.30. The number of hydrogen-bond acceptors (Lipinski definition) is 4. The quantitative estimate of drug-likeness (QED) is 0.484. The van der Waals surface area contributed by atoms with Gasteiger partial charge in [-0.05, 0) is 62.2 Å². The maximum atomic E-state index is 13.0. The zero-order chi connectivity index (χ0) is 22.3. The van der Waals surface area contributed by atoms with E-state index in [1.54, 1.807) is 32.0 Å². The van der Waals surface area contributed by atoms with Crippen molar-refractivity contribution >= 4 is 29.6 Å². The summed E-state index contributed by atoms with van der Waals surface area (Å²) in [7, 11) is 0. The Bertz CT molecular complexity index is 914. The van der Waals surface area contributed by atoms with E-state index in [4.69, 9.17) is 16.3 Å². The van der Waals surface area contributed by atoms with E-state index in [1.807, 2.05) is 13.8 Å². The van der Waals surface area contributed by atoms with Gasteiger partial charge >= 0.3 is 0 Å². The molecule has 0 heterocycles. The zero-order valence-electron chi connectivity index (χ0n) is 17.3. The molecule has 0 aliphatic carbocycles. The van der Waals surface area contributed by atoms with Crippen LogP contribution in [0.5, 0.6) is 5.75 Å². The van der Waals surface area contributed by atoms with E-state index in [-0.39, 0.29) is 17.6 Å². The van der Waals surface area contributed by atoms with Gasteiger partial charge in [0, 0.05) is 16.1 Å². The largest absolute Gasteiger partial charge is 0.490 e. The van der Waals surface area contributed by atoms with Crippen LogP contribution in [0, 0.1) is 11.7 Å². The molecule has 8 heteroatoms. The van der Waals surface area contributed by atoms with Gasteiger partial charge in [0.1, 0.15) is 17.6 Å². The summed E-state index contributed by atoms with van der Waals surface area (Å²) in [6.45, 7) is 7.39. The number of rotatable bonds is 8. The van der Waals surface area contributed by atoms with Crippen molar-refractivity contribution in [2.24, 2.45) is 11.0 Å². The highest BCUT2D eigenvalue weighted by Gasteiger charge is 2.24. The van der Waals surface area contributed by atoms with E-state index in [0.717, 1.165) is 0 Å². The van der Waals surface area contributed by atoms with Crippen LogP contribution < -0.4 is 15.5 Å². The van der Waals surface area contributed by atoms with Crippen LogP contribution in [0.1, 0.15) is 43.6 Å². The van der Waals surface area contributed by atoms with Gasteiger partial charge in [-0.2, -0.15) is 5.10 Å². The minimum absolute atomic E-state index is 0.0417. The minimum atomic E-state index is -0.828. The number of nitrogens with zero attached hydrogens (tertiary/aromatic N) is 1. The molecule has 0 aromatic heterocycles. The molecule has 1 atom stereocenters. The molecular weight excluding hydrogens is 409 g/mol. The van der Waals surface area contributed by atoms with Crippen LogP contribution in [0.4, 0.5) is 4.39 Å². The summed E-state index contributed by atoms with van der Waals surface area (Å²) in [6.07, 6.45) is 1.39. The second-order valence-electron chi connectivity index (χ2n) is 7.29. The smallest absolute Gasteiger partial charge is 0.262 e. The summed E-state index contributed by atoms with van der Waals surface area (Å²) in [5, 5.41) is 7.14. The minimum Gasteiger partial charge on any atom is -0.490 e. The predicted octanol–water partition coefficient (Wildman–Crippen LogP) is 4.17. The summed E-state index contributed by atoms with van der Waals surface area (Å²) < 4.78 is 18.7. The molecule has 30 heavy (non-hydrogen) atoms. The fraction of sp³-hybridized carbons (Fsp3) is 0.318. The van der Waals surface area contributed by atoms with E-state index >= 15 is 0 Å². The topological polar surface area (TPSA) is 79.8 Å². The zero-order valence-corrected chi connectivity index (χ0v) is 18.0. The Morgan fingerprint density at radius 3 is 2.37 bits per heavy atom. The maximum absolute atomic E-state index is 13.0. The lowest BCUT2D eigenvalue weighted by Crippen LogP contribution is -2.48. The van der Waals surface area contributed by atoms with Gasteiger partial charge in [-0.3, -0.25) is 9.59 Å². The highest BCUT2D eigenvalue weighted by atomic mass is 35.5. The van der Waals surface area contributed by atoms with Crippen LogP contribution >= 0.6 is 11.6 Å². The highest BCUT2D eigenvalue weighted by Crippen LogP contribution is 2.22. The number of carbonyl (C=O) groups excluding carboxylic acids is 2. The molecule has 160 valence electrons. The van der Waals surface area contributed by atoms with Gasteiger partial charge in [0.15, 0.2) is 0 Å². The molecule has 6 nitrogen and oxygen atoms in total. The number of nitrogens with one attached hydrogen (secondary N) is 2. The van der Waals surface area contributed by atoms with E-state index in [9.17, 15) is 14.0 Å². The van der Waals surface area contributed by atoms with Gasteiger partial charge in [0.25, 0.3) is 11.8 Å². The molecule has 0 saturated heterocycles. The molecule has 2 amide bonds. The number of carbonyl (C=O) groups is 2. The molecule has 2 aromatic rings. The van der Waals surface area contributed by atoms with Gasteiger partial charge in [-0.25, -0.2) is 9.82 Å². The second-order valence-corrected chi connectivity index (χ2v) is 7.72. The summed E-state index contributed by atoms with van der Waals surface area (Å²) >= 11 is 6.04. The van der Waals surface area contributed by atoms with Crippen LogP contribution in [0.3, 0.4) is 0 Å². The predicted molar refractivity (Wildman–Crippen MR) is 115 cm³/mol. The third-order valence-electron chi connectivity index (χ3n) is 4.06. The van der Waals surface area contributed by atoms with Crippen LogP contribution in [0.15, 0.2) is 47.6 Å². The van der Waals surface area contributed by atoms with Crippen molar-refractivity contribution in [3.05, 3.63) is 64.4 Å². The van der Waals surface area contributed by atoms with Crippen molar-refractivity contribution in [1.29, 1.82) is 0 Å². The third kappa shape index (κ3) is 6.84. The molecule has 2 N–H and O–H groups in total. The van der Waals surface area contributed by atoms with E-state index in [2.05, 4.69) is 15.8 Å². The molecule has 2 rings (SSSR count). The Kier molecular flexibility index (Phi) is 8.35. The Morgan fingerprint density at radius 2 is 1.77 bits per heavy atom. The average Bonchev–Trinajstić information content (AvgIpc) is 2.67. The summed E-state index contributed by atoms with van der Waals surface area (Å²) in [6, 6.07) is 9.36.